The maximum atomic E-state index is 12.7. The molecular formula is C14H24N4O4S. The van der Waals surface area contributed by atoms with Crippen LogP contribution < -0.4 is 5.73 Å². The van der Waals surface area contributed by atoms with E-state index in [4.69, 9.17) is 10.3 Å². The van der Waals surface area contributed by atoms with E-state index in [2.05, 4.69) is 5.16 Å². The molecule has 0 aromatic carbocycles. The van der Waals surface area contributed by atoms with Gasteiger partial charge in [0.25, 0.3) is 0 Å². The van der Waals surface area contributed by atoms with Crippen LogP contribution in [0.25, 0.3) is 0 Å². The third kappa shape index (κ3) is 3.41. The summed E-state index contributed by atoms with van der Waals surface area (Å²) in [5.74, 6) is 0.198. The molecule has 0 radical (unpaired) electrons. The van der Waals surface area contributed by atoms with Crippen molar-refractivity contribution in [2.45, 2.75) is 38.6 Å². The van der Waals surface area contributed by atoms with E-state index in [0.717, 1.165) is 0 Å². The fourth-order valence-electron chi connectivity index (χ4n) is 2.62. The minimum atomic E-state index is -3.66. The maximum Gasteiger partial charge on any atom is 0.248 e. The topological polar surface area (TPSA) is 110 Å². The number of hydrogen-bond acceptors (Lipinski definition) is 6. The number of rotatable bonds is 4. The summed E-state index contributed by atoms with van der Waals surface area (Å²) in [6, 6.07) is -0.555. The van der Waals surface area contributed by atoms with Crippen molar-refractivity contribution in [2.75, 3.05) is 26.2 Å². The van der Waals surface area contributed by atoms with Crippen molar-refractivity contribution in [2.24, 2.45) is 11.7 Å². The van der Waals surface area contributed by atoms with Gasteiger partial charge in [0.15, 0.2) is 5.76 Å². The van der Waals surface area contributed by atoms with Crippen LogP contribution in [0.4, 0.5) is 0 Å². The Kier molecular flexibility index (Phi) is 5.12. The molecule has 1 aromatic rings. The monoisotopic (exact) mass is 344 g/mol. The number of aryl methyl sites for hydroxylation is 2. The zero-order valence-electron chi connectivity index (χ0n) is 13.9. The molecule has 0 unspecified atom stereocenters. The molecule has 2 heterocycles. The lowest BCUT2D eigenvalue weighted by Crippen LogP contribution is -2.55. The molecule has 1 aliphatic heterocycles. The molecule has 130 valence electrons. The molecule has 0 saturated carbocycles. The predicted molar refractivity (Wildman–Crippen MR) is 84.1 cm³/mol. The van der Waals surface area contributed by atoms with Crippen molar-refractivity contribution in [3.8, 4) is 0 Å². The number of nitrogens with two attached hydrogens (primary N) is 1. The number of amides is 1. The summed E-state index contributed by atoms with van der Waals surface area (Å²) in [5, 5.41) is 3.70. The molecule has 2 rings (SSSR count). The molecule has 1 amide bonds. The SMILES string of the molecule is Cc1noc(C)c1S(=O)(=O)N1CCN(C(=O)[C@@H](N)C(C)C)CC1. The highest BCUT2D eigenvalue weighted by atomic mass is 32.2. The van der Waals surface area contributed by atoms with Gasteiger partial charge >= 0.3 is 0 Å². The molecule has 0 bridgehead atoms. The first kappa shape index (κ1) is 17.9. The average molecular weight is 344 g/mol. The molecule has 1 saturated heterocycles. The molecule has 0 spiro atoms. The van der Waals surface area contributed by atoms with Crippen molar-refractivity contribution in [1.82, 2.24) is 14.4 Å². The second kappa shape index (κ2) is 6.58. The standard InChI is InChI=1S/C14H24N4O4S/c1-9(2)12(15)14(19)17-5-7-18(8-6-17)23(20,21)13-10(3)16-22-11(13)4/h9,12H,5-8,15H2,1-4H3/t12-/m0/s1. The van der Waals surface area contributed by atoms with Gasteiger partial charge in [-0.05, 0) is 19.8 Å². The van der Waals surface area contributed by atoms with Crippen LogP contribution >= 0.6 is 0 Å². The number of hydrogen-bond donors (Lipinski definition) is 1. The van der Waals surface area contributed by atoms with E-state index >= 15 is 0 Å². The lowest BCUT2D eigenvalue weighted by Gasteiger charge is -2.35. The Balaban J connectivity index is 2.09. The summed E-state index contributed by atoms with van der Waals surface area (Å²) in [7, 11) is -3.66. The Hall–Kier alpha value is -1.45. The minimum absolute atomic E-state index is 0.0477. The van der Waals surface area contributed by atoms with Gasteiger partial charge in [-0.25, -0.2) is 8.42 Å². The highest BCUT2D eigenvalue weighted by Crippen LogP contribution is 2.24. The molecule has 1 aliphatic rings. The molecule has 1 fully saturated rings. The third-order valence-corrected chi connectivity index (χ3v) is 6.26. The zero-order valence-corrected chi connectivity index (χ0v) is 14.8. The van der Waals surface area contributed by atoms with Gasteiger partial charge in [-0.1, -0.05) is 19.0 Å². The first-order chi connectivity index (χ1) is 10.7. The summed E-state index contributed by atoms with van der Waals surface area (Å²) in [5.41, 5.74) is 6.23. The Bertz CT molecular complexity index is 655. The Labute approximate surface area is 136 Å². The van der Waals surface area contributed by atoms with Crippen LogP contribution in [0.1, 0.15) is 25.3 Å². The third-order valence-electron chi connectivity index (χ3n) is 4.12. The van der Waals surface area contributed by atoms with Crippen LogP contribution in [-0.4, -0.2) is 60.9 Å². The van der Waals surface area contributed by atoms with Crippen molar-refractivity contribution >= 4 is 15.9 Å². The average Bonchev–Trinajstić information content (AvgIpc) is 2.85. The lowest BCUT2D eigenvalue weighted by molar-refractivity contribution is -0.134. The fourth-order valence-corrected chi connectivity index (χ4v) is 4.33. The van der Waals surface area contributed by atoms with Gasteiger partial charge in [0.1, 0.15) is 10.6 Å². The summed E-state index contributed by atoms with van der Waals surface area (Å²) in [4.78, 5) is 14.0. The van der Waals surface area contributed by atoms with E-state index in [-0.39, 0.29) is 35.6 Å². The highest BCUT2D eigenvalue weighted by Gasteiger charge is 2.35. The summed E-state index contributed by atoms with van der Waals surface area (Å²) in [6.45, 7) is 8.11. The summed E-state index contributed by atoms with van der Waals surface area (Å²) in [6.07, 6.45) is 0. The molecule has 2 N–H and O–H groups in total. The molecule has 9 heteroatoms. The van der Waals surface area contributed by atoms with Crippen molar-refractivity contribution in [1.29, 1.82) is 0 Å². The van der Waals surface area contributed by atoms with Crippen molar-refractivity contribution < 1.29 is 17.7 Å². The first-order valence-corrected chi connectivity index (χ1v) is 9.07. The van der Waals surface area contributed by atoms with Crippen LogP contribution in [0.3, 0.4) is 0 Å². The van der Waals surface area contributed by atoms with Gasteiger partial charge in [0.05, 0.1) is 6.04 Å². The first-order valence-electron chi connectivity index (χ1n) is 7.63. The zero-order chi connectivity index (χ0) is 17.4. The number of nitrogens with zero attached hydrogens (tertiary/aromatic N) is 3. The van der Waals surface area contributed by atoms with E-state index in [1.807, 2.05) is 13.8 Å². The normalized spacial score (nSPS) is 18.4. The van der Waals surface area contributed by atoms with Gasteiger partial charge in [-0.3, -0.25) is 4.79 Å². The number of carbonyl (C=O) groups is 1. The summed E-state index contributed by atoms with van der Waals surface area (Å²) >= 11 is 0. The van der Waals surface area contributed by atoms with Gasteiger partial charge in [-0.15, -0.1) is 0 Å². The van der Waals surface area contributed by atoms with Crippen molar-refractivity contribution in [3.63, 3.8) is 0 Å². The molecule has 1 atom stereocenters. The maximum absolute atomic E-state index is 12.7. The van der Waals surface area contributed by atoms with E-state index in [9.17, 15) is 13.2 Å². The van der Waals surface area contributed by atoms with Crippen LogP contribution in [0.5, 0.6) is 0 Å². The molecule has 1 aromatic heterocycles. The molecule has 0 aliphatic carbocycles. The number of sulfonamides is 1. The second-order valence-electron chi connectivity index (χ2n) is 6.15. The Morgan fingerprint density at radius 2 is 1.78 bits per heavy atom. The van der Waals surface area contributed by atoms with E-state index < -0.39 is 16.1 Å². The Morgan fingerprint density at radius 3 is 2.22 bits per heavy atom. The van der Waals surface area contributed by atoms with Gasteiger partial charge < -0.3 is 15.2 Å². The molecule has 8 nitrogen and oxygen atoms in total. The molecule has 23 heavy (non-hydrogen) atoms. The quantitative estimate of drug-likeness (QED) is 0.830. The van der Waals surface area contributed by atoms with E-state index in [1.165, 1.54) is 4.31 Å². The molecular weight excluding hydrogens is 320 g/mol. The Morgan fingerprint density at radius 1 is 1.22 bits per heavy atom. The largest absolute Gasteiger partial charge is 0.360 e. The van der Waals surface area contributed by atoms with E-state index in [0.29, 0.717) is 18.8 Å². The van der Waals surface area contributed by atoms with Crippen LogP contribution in [0.2, 0.25) is 0 Å². The summed E-state index contributed by atoms with van der Waals surface area (Å²) < 4.78 is 31.7. The predicted octanol–water partition coefficient (Wildman–Crippen LogP) is 0.108. The van der Waals surface area contributed by atoms with E-state index in [1.54, 1.807) is 18.7 Å². The fraction of sp³-hybridized carbons (Fsp3) is 0.714. The smallest absolute Gasteiger partial charge is 0.248 e. The second-order valence-corrected chi connectivity index (χ2v) is 8.03. The van der Waals surface area contributed by atoms with Crippen LogP contribution in [0.15, 0.2) is 9.42 Å². The number of aromatic nitrogens is 1. The van der Waals surface area contributed by atoms with Crippen LogP contribution in [0, 0.1) is 19.8 Å². The van der Waals surface area contributed by atoms with Crippen LogP contribution in [-0.2, 0) is 14.8 Å². The number of carbonyl (C=O) groups excluding carboxylic acids is 1. The van der Waals surface area contributed by atoms with Crippen molar-refractivity contribution in [3.05, 3.63) is 11.5 Å². The van der Waals surface area contributed by atoms with Gasteiger partial charge in [0.2, 0.25) is 15.9 Å². The highest BCUT2D eigenvalue weighted by molar-refractivity contribution is 7.89. The minimum Gasteiger partial charge on any atom is -0.360 e. The lowest BCUT2D eigenvalue weighted by atomic mass is 10.0. The number of piperazine rings is 1. The van der Waals surface area contributed by atoms with Gasteiger partial charge in [-0.2, -0.15) is 4.31 Å². The van der Waals surface area contributed by atoms with Gasteiger partial charge in [0, 0.05) is 26.2 Å².